The van der Waals surface area contributed by atoms with Crippen LogP contribution >= 0.6 is 15.9 Å². The molecule has 0 radical (unpaired) electrons. The summed E-state index contributed by atoms with van der Waals surface area (Å²) in [5.74, 6) is -0.254. The number of anilines is 1. The van der Waals surface area contributed by atoms with Crippen LogP contribution in [-0.4, -0.2) is 20.4 Å². The molecule has 124 valence electrons. The number of fused-ring (bicyclic) bond motifs is 1. The quantitative estimate of drug-likeness (QED) is 0.660. The Morgan fingerprint density at radius 2 is 2.04 bits per heavy atom. The SMILES string of the molecule is CCc1nc2c(Br)cc(C)cn2c1C(=O)Nc1cc(C)ccc1O. The van der Waals surface area contributed by atoms with Crippen molar-refractivity contribution in [2.45, 2.75) is 27.2 Å². The third-order valence-corrected chi connectivity index (χ3v) is 4.42. The molecule has 0 atom stereocenters. The minimum atomic E-state index is -0.294. The Bertz CT molecular complexity index is 947. The second kappa shape index (κ2) is 6.28. The number of phenolic OH excluding ortho intramolecular Hbond substituents is 1. The number of rotatable bonds is 3. The highest BCUT2D eigenvalue weighted by Gasteiger charge is 2.20. The Labute approximate surface area is 148 Å². The lowest BCUT2D eigenvalue weighted by atomic mass is 10.2. The van der Waals surface area contributed by atoms with Gasteiger partial charge in [0.2, 0.25) is 0 Å². The minimum Gasteiger partial charge on any atom is -0.506 e. The van der Waals surface area contributed by atoms with E-state index < -0.39 is 0 Å². The molecular formula is C18H18BrN3O2. The van der Waals surface area contributed by atoms with E-state index in [1.54, 1.807) is 22.6 Å². The van der Waals surface area contributed by atoms with E-state index in [0.29, 0.717) is 29.1 Å². The van der Waals surface area contributed by atoms with Crippen LogP contribution in [0.1, 0.15) is 34.2 Å². The Morgan fingerprint density at radius 3 is 2.75 bits per heavy atom. The van der Waals surface area contributed by atoms with Gasteiger partial charge in [-0.05, 0) is 65.5 Å². The molecule has 0 aliphatic rings. The second-order valence-electron chi connectivity index (χ2n) is 5.79. The number of aryl methyl sites for hydroxylation is 3. The van der Waals surface area contributed by atoms with E-state index in [1.807, 2.05) is 33.0 Å². The maximum absolute atomic E-state index is 12.9. The number of imidazole rings is 1. The average molecular weight is 388 g/mol. The Kier molecular flexibility index (Phi) is 4.32. The van der Waals surface area contributed by atoms with Crippen molar-refractivity contribution in [1.82, 2.24) is 9.38 Å². The van der Waals surface area contributed by atoms with Gasteiger partial charge in [0.15, 0.2) is 5.65 Å². The fourth-order valence-electron chi connectivity index (χ4n) is 2.70. The van der Waals surface area contributed by atoms with Crippen LogP contribution in [0.4, 0.5) is 5.69 Å². The first-order chi connectivity index (χ1) is 11.4. The lowest BCUT2D eigenvalue weighted by Crippen LogP contribution is -2.16. The van der Waals surface area contributed by atoms with Crippen molar-refractivity contribution in [1.29, 1.82) is 0 Å². The van der Waals surface area contributed by atoms with Crippen molar-refractivity contribution in [2.24, 2.45) is 0 Å². The number of carbonyl (C=O) groups is 1. The number of nitrogens with one attached hydrogen (secondary N) is 1. The maximum atomic E-state index is 12.9. The van der Waals surface area contributed by atoms with Gasteiger partial charge in [-0.25, -0.2) is 4.98 Å². The van der Waals surface area contributed by atoms with E-state index in [0.717, 1.165) is 15.6 Å². The predicted molar refractivity (Wildman–Crippen MR) is 97.8 cm³/mol. The number of hydrogen-bond donors (Lipinski definition) is 2. The summed E-state index contributed by atoms with van der Waals surface area (Å²) in [5.41, 5.74) is 4.26. The van der Waals surface area contributed by atoms with Gasteiger partial charge in [-0.15, -0.1) is 0 Å². The van der Waals surface area contributed by atoms with Gasteiger partial charge in [0, 0.05) is 6.20 Å². The molecule has 24 heavy (non-hydrogen) atoms. The van der Waals surface area contributed by atoms with E-state index in [2.05, 4.69) is 26.2 Å². The third-order valence-electron chi connectivity index (χ3n) is 3.83. The van der Waals surface area contributed by atoms with Gasteiger partial charge in [-0.3, -0.25) is 9.20 Å². The zero-order valence-corrected chi connectivity index (χ0v) is 15.3. The van der Waals surface area contributed by atoms with E-state index in [9.17, 15) is 9.90 Å². The molecule has 0 fully saturated rings. The molecule has 5 nitrogen and oxygen atoms in total. The predicted octanol–water partition coefficient (Wildman–Crippen LogP) is 4.23. The Balaban J connectivity index is 2.11. The summed E-state index contributed by atoms with van der Waals surface area (Å²) >= 11 is 3.51. The molecule has 0 bridgehead atoms. The summed E-state index contributed by atoms with van der Waals surface area (Å²) in [6.45, 7) is 5.83. The molecule has 0 aliphatic heterocycles. The summed E-state index contributed by atoms with van der Waals surface area (Å²) in [5, 5.41) is 12.8. The Morgan fingerprint density at radius 1 is 1.29 bits per heavy atom. The lowest BCUT2D eigenvalue weighted by molar-refractivity contribution is 0.102. The van der Waals surface area contributed by atoms with Crippen LogP contribution < -0.4 is 5.32 Å². The number of halogens is 1. The second-order valence-corrected chi connectivity index (χ2v) is 6.65. The first-order valence-corrected chi connectivity index (χ1v) is 8.48. The summed E-state index contributed by atoms with van der Waals surface area (Å²) in [6, 6.07) is 7.07. The van der Waals surface area contributed by atoms with Gasteiger partial charge >= 0.3 is 0 Å². The molecule has 0 unspecified atom stereocenters. The summed E-state index contributed by atoms with van der Waals surface area (Å²) in [7, 11) is 0. The number of aromatic hydroxyl groups is 1. The van der Waals surface area contributed by atoms with Crippen LogP contribution in [-0.2, 0) is 6.42 Å². The van der Waals surface area contributed by atoms with Crippen LogP contribution in [0.3, 0.4) is 0 Å². The van der Waals surface area contributed by atoms with Crippen molar-refractivity contribution in [3.05, 3.63) is 57.4 Å². The molecule has 0 saturated heterocycles. The smallest absolute Gasteiger partial charge is 0.274 e. The summed E-state index contributed by atoms with van der Waals surface area (Å²) < 4.78 is 2.63. The van der Waals surface area contributed by atoms with E-state index in [1.165, 1.54) is 0 Å². The van der Waals surface area contributed by atoms with Crippen LogP contribution in [0.5, 0.6) is 5.75 Å². The van der Waals surface area contributed by atoms with E-state index in [-0.39, 0.29) is 11.7 Å². The van der Waals surface area contributed by atoms with Crippen molar-refractivity contribution in [3.8, 4) is 5.75 Å². The van der Waals surface area contributed by atoms with Gasteiger partial charge in [-0.2, -0.15) is 0 Å². The molecule has 0 aliphatic carbocycles. The van der Waals surface area contributed by atoms with Crippen LogP contribution in [0.15, 0.2) is 34.9 Å². The van der Waals surface area contributed by atoms with Crippen molar-refractivity contribution in [3.63, 3.8) is 0 Å². The highest BCUT2D eigenvalue weighted by Crippen LogP contribution is 2.27. The zero-order chi connectivity index (χ0) is 17.4. The highest BCUT2D eigenvalue weighted by atomic mass is 79.9. The van der Waals surface area contributed by atoms with Crippen LogP contribution in [0.2, 0.25) is 0 Å². The van der Waals surface area contributed by atoms with Crippen molar-refractivity contribution < 1.29 is 9.90 Å². The normalized spacial score (nSPS) is 11.0. The van der Waals surface area contributed by atoms with E-state index >= 15 is 0 Å². The molecule has 3 rings (SSSR count). The summed E-state index contributed by atoms with van der Waals surface area (Å²) in [6.07, 6.45) is 2.52. The van der Waals surface area contributed by atoms with E-state index in [4.69, 9.17) is 0 Å². The van der Waals surface area contributed by atoms with Crippen LogP contribution in [0.25, 0.3) is 5.65 Å². The van der Waals surface area contributed by atoms with Crippen molar-refractivity contribution >= 4 is 33.2 Å². The molecule has 2 aromatic heterocycles. The van der Waals surface area contributed by atoms with Gasteiger partial charge < -0.3 is 10.4 Å². The third kappa shape index (κ3) is 2.89. The first kappa shape index (κ1) is 16.5. The molecule has 0 spiro atoms. The fourth-order valence-corrected chi connectivity index (χ4v) is 3.34. The molecule has 0 saturated carbocycles. The lowest BCUT2D eigenvalue weighted by Gasteiger charge is -2.09. The van der Waals surface area contributed by atoms with Gasteiger partial charge in [0.1, 0.15) is 11.4 Å². The number of hydrogen-bond acceptors (Lipinski definition) is 3. The number of phenols is 1. The number of carbonyl (C=O) groups excluding carboxylic acids is 1. The molecule has 1 amide bonds. The zero-order valence-electron chi connectivity index (χ0n) is 13.7. The molecule has 3 aromatic rings. The molecule has 6 heteroatoms. The number of amides is 1. The Hall–Kier alpha value is -2.34. The van der Waals surface area contributed by atoms with Crippen molar-refractivity contribution in [2.75, 3.05) is 5.32 Å². The molecule has 2 N–H and O–H groups in total. The first-order valence-electron chi connectivity index (χ1n) is 7.68. The largest absolute Gasteiger partial charge is 0.506 e. The maximum Gasteiger partial charge on any atom is 0.274 e. The van der Waals surface area contributed by atoms with Gasteiger partial charge in [0.05, 0.1) is 15.9 Å². The van der Waals surface area contributed by atoms with Gasteiger partial charge in [0.25, 0.3) is 5.91 Å². The topological polar surface area (TPSA) is 66.6 Å². The standard InChI is InChI=1S/C18H18BrN3O2/c1-4-13-16(22-9-11(3)7-12(19)17(22)20-13)18(24)21-14-8-10(2)5-6-15(14)23/h5-9,23H,4H2,1-3H3,(H,21,24). The van der Waals surface area contributed by atoms with Crippen LogP contribution in [0, 0.1) is 13.8 Å². The number of benzene rings is 1. The highest BCUT2D eigenvalue weighted by molar-refractivity contribution is 9.10. The number of aromatic nitrogens is 2. The minimum absolute atomic E-state index is 0.0400. The number of nitrogens with zero attached hydrogens (tertiary/aromatic N) is 2. The van der Waals surface area contributed by atoms with Gasteiger partial charge in [-0.1, -0.05) is 13.0 Å². The fraction of sp³-hybridized carbons (Fsp3) is 0.222. The molecule has 2 heterocycles. The molecular weight excluding hydrogens is 370 g/mol. The molecule has 1 aromatic carbocycles. The average Bonchev–Trinajstić information content (AvgIpc) is 2.89. The monoisotopic (exact) mass is 387 g/mol. The summed E-state index contributed by atoms with van der Waals surface area (Å²) in [4.78, 5) is 17.4. The number of pyridine rings is 1.